The standard InChI is InChI=1S/C15H31N3O3S.HI/c1-6-15(7-2)12(11-13(15)21-8-3)18-14(16-4)17-9-10-22(5,19)20;/h12-13H,6-11H2,1-5H3,(H2,16,17,18);1H. The molecular formula is C15H32IN3O3S. The highest BCUT2D eigenvalue weighted by Crippen LogP contribution is 2.48. The summed E-state index contributed by atoms with van der Waals surface area (Å²) in [5.41, 5.74) is 0.129. The molecule has 0 saturated heterocycles. The van der Waals surface area contributed by atoms with Gasteiger partial charge in [-0.15, -0.1) is 24.0 Å². The molecule has 1 rings (SSSR count). The van der Waals surface area contributed by atoms with E-state index < -0.39 is 9.84 Å². The van der Waals surface area contributed by atoms with E-state index in [-0.39, 0.29) is 35.1 Å². The maximum atomic E-state index is 11.2. The largest absolute Gasteiger partial charge is 0.378 e. The minimum atomic E-state index is -2.96. The molecule has 0 radical (unpaired) electrons. The highest BCUT2D eigenvalue weighted by molar-refractivity contribution is 14.0. The van der Waals surface area contributed by atoms with Crippen molar-refractivity contribution in [3.8, 4) is 0 Å². The summed E-state index contributed by atoms with van der Waals surface area (Å²) in [7, 11) is -1.26. The Balaban J connectivity index is 0.00000484. The summed E-state index contributed by atoms with van der Waals surface area (Å²) in [5, 5.41) is 6.51. The lowest BCUT2D eigenvalue weighted by molar-refractivity contribution is -0.133. The molecule has 0 bridgehead atoms. The zero-order valence-electron chi connectivity index (χ0n) is 14.9. The van der Waals surface area contributed by atoms with Gasteiger partial charge in [0.1, 0.15) is 9.84 Å². The van der Waals surface area contributed by atoms with Gasteiger partial charge < -0.3 is 15.4 Å². The van der Waals surface area contributed by atoms with Crippen LogP contribution >= 0.6 is 24.0 Å². The number of hydrogen-bond donors (Lipinski definition) is 2. The van der Waals surface area contributed by atoms with Crippen LogP contribution in [0.5, 0.6) is 0 Å². The maximum absolute atomic E-state index is 11.2. The molecule has 0 aromatic carbocycles. The van der Waals surface area contributed by atoms with Gasteiger partial charge in [0.15, 0.2) is 5.96 Å². The molecular weight excluding hydrogens is 429 g/mol. The highest BCUT2D eigenvalue weighted by Gasteiger charge is 2.53. The molecule has 2 N–H and O–H groups in total. The van der Waals surface area contributed by atoms with E-state index in [2.05, 4.69) is 29.5 Å². The average Bonchev–Trinajstić information content (AvgIpc) is 2.44. The van der Waals surface area contributed by atoms with Crippen molar-refractivity contribution in [3.63, 3.8) is 0 Å². The van der Waals surface area contributed by atoms with Crippen LogP contribution in [0.15, 0.2) is 4.99 Å². The molecule has 1 aliphatic carbocycles. The van der Waals surface area contributed by atoms with Crippen LogP contribution in [0.25, 0.3) is 0 Å². The van der Waals surface area contributed by atoms with E-state index in [1.54, 1.807) is 7.05 Å². The first-order chi connectivity index (χ1) is 10.3. The molecule has 1 saturated carbocycles. The molecule has 8 heteroatoms. The summed E-state index contributed by atoms with van der Waals surface area (Å²) in [5.74, 6) is 0.766. The molecule has 2 unspecified atom stereocenters. The van der Waals surface area contributed by atoms with E-state index in [0.29, 0.717) is 24.7 Å². The zero-order chi connectivity index (χ0) is 16.8. The molecule has 1 fully saturated rings. The van der Waals surface area contributed by atoms with Crippen LogP contribution in [0.2, 0.25) is 0 Å². The summed E-state index contributed by atoms with van der Waals surface area (Å²) in [6, 6.07) is 0.309. The third-order valence-corrected chi connectivity index (χ3v) is 5.71. The van der Waals surface area contributed by atoms with Crippen molar-refractivity contribution in [1.29, 1.82) is 0 Å². The fraction of sp³-hybridized carbons (Fsp3) is 0.933. The van der Waals surface area contributed by atoms with E-state index in [1.807, 2.05) is 6.92 Å². The Hall–Kier alpha value is -0.0900. The van der Waals surface area contributed by atoms with E-state index in [1.165, 1.54) is 6.26 Å². The maximum Gasteiger partial charge on any atom is 0.191 e. The van der Waals surface area contributed by atoms with Crippen LogP contribution in [0.4, 0.5) is 0 Å². The molecule has 0 aromatic heterocycles. The van der Waals surface area contributed by atoms with Crippen LogP contribution in [-0.2, 0) is 14.6 Å². The molecule has 0 heterocycles. The summed E-state index contributed by atoms with van der Waals surface area (Å²) in [6.45, 7) is 7.53. The van der Waals surface area contributed by atoms with Crippen molar-refractivity contribution in [2.45, 2.75) is 52.2 Å². The SMILES string of the molecule is CCOC1CC(NC(=NC)NCCS(C)(=O)=O)C1(CC)CC.I. The average molecular weight is 461 g/mol. The van der Waals surface area contributed by atoms with E-state index in [4.69, 9.17) is 4.74 Å². The first-order valence-corrected chi connectivity index (χ1v) is 10.2. The Morgan fingerprint density at radius 2 is 1.91 bits per heavy atom. The van der Waals surface area contributed by atoms with Crippen molar-refractivity contribution in [2.24, 2.45) is 10.4 Å². The van der Waals surface area contributed by atoms with Gasteiger partial charge in [0.2, 0.25) is 0 Å². The van der Waals surface area contributed by atoms with Crippen LogP contribution in [0.3, 0.4) is 0 Å². The van der Waals surface area contributed by atoms with Gasteiger partial charge in [-0.25, -0.2) is 8.42 Å². The minimum absolute atomic E-state index is 0. The summed E-state index contributed by atoms with van der Waals surface area (Å²) in [6.07, 6.45) is 4.59. The minimum Gasteiger partial charge on any atom is -0.378 e. The lowest BCUT2D eigenvalue weighted by atomic mass is 9.58. The Bertz CT molecular complexity index is 478. The predicted molar refractivity (Wildman–Crippen MR) is 106 cm³/mol. The summed E-state index contributed by atoms with van der Waals surface area (Å²) < 4.78 is 28.2. The van der Waals surface area contributed by atoms with Crippen LogP contribution in [0.1, 0.15) is 40.0 Å². The van der Waals surface area contributed by atoms with Crippen molar-refractivity contribution in [1.82, 2.24) is 10.6 Å². The van der Waals surface area contributed by atoms with Gasteiger partial charge in [0.05, 0.1) is 11.9 Å². The van der Waals surface area contributed by atoms with Crippen LogP contribution in [-0.4, -0.2) is 58.7 Å². The third kappa shape index (κ3) is 6.04. The van der Waals surface area contributed by atoms with Gasteiger partial charge in [0, 0.05) is 37.9 Å². The first-order valence-electron chi connectivity index (χ1n) is 8.09. The number of rotatable bonds is 8. The second-order valence-corrected chi connectivity index (χ2v) is 8.21. The van der Waals surface area contributed by atoms with E-state index >= 15 is 0 Å². The number of aliphatic imine (C=N–C) groups is 1. The molecule has 0 spiro atoms. The lowest BCUT2D eigenvalue weighted by Crippen LogP contribution is -2.65. The van der Waals surface area contributed by atoms with Gasteiger partial charge in [0.25, 0.3) is 0 Å². The van der Waals surface area contributed by atoms with Gasteiger partial charge in [-0.05, 0) is 26.2 Å². The van der Waals surface area contributed by atoms with E-state index in [0.717, 1.165) is 25.9 Å². The second-order valence-electron chi connectivity index (χ2n) is 5.95. The fourth-order valence-corrected chi connectivity index (χ4v) is 3.77. The topological polar surface area (TPSA) is 79.8 Å². The molecule has 2 atom stereocenters. The number of nitrogens with one attached hydrogen (secondary N) is 2. The highest BCUT2D eigenvalue weighted by atomic mass is 127. The van der Waals surface area contributed by atoms with Gasteiger partial charge in [-0.2, -0.15) is 0 Å². The number of nitrogens with zero attached hydrogens (tertiary/aromatic N) is 1. The zero-order valence-corrected chi connectivity index (χ0v) is 18.0. The fourth-order valence-electron chi connectivity index (χ4n) is 3.30. The summed E-state index contributed by atoms with van der Waals surface area (Å²) in [4.78, 5) is 4.19. The molecule has 1 aliphatic rings. The molecule has 0 aliphatic heterocycles. The van der Waals surface area contributed by atoms with Gasteiger partial charge in [-0.1, -0.05) is 13.8 Å². The molecule has 138 valence electrons. The summed E-state index contributed by atoms with van der Waals surface area (Å²) >= 11 is 0. The van der Waals surface area contributed by atoms with Crippen molar-refractivity contribution >= 4 is 39.8 Å². The number of hydrogen-bond acceptors (Lipinski definition) is 4. The third-order valence-electron chi connectivity index (χ3n) is 4.77. The molecule has 6 nitrogen and oxygen atoms in total. The van der Waals surface area contributed by atoms with Crippen molar-refractivity contribution < 1.29 is 13.2 Å². The smallest absolute Gasteiger partial charge is 0.191 e. The van der Waals surface area contributed by atoms with Crippen molar-refractivity contribution in [3.05, 3.63) is 0 Å². The Kier molecular flexibility index (Phi) is 9.99. The van der Waals surface area contributed by atoms with Gasteiger partial charge in [-0.3, -0.25) is 4.99 Å². The quantitative estimate of drug-likeness (QED) is 0.328. The lowest BCUT2D eigenvalue weighted by Gasteiger charge is -2.55. The number of sulfone groups is 1. The number of halogens is 1. The van der Waals surface area contributed by atoms with Crippen LogP contribution in [0, 0.1) is 5.41 Å². The molecule has 23 heavy (non-hydrogen) atoms. The van der Waals surface area contributed by atoms with Crippen LogP contribution < -0.4 is 10.6 Å². The van der Waals surface area contributed by atoms with Gasteiger partial charge >= 0.3 is 0 Å². The number of ether oxygens (including phenoxy) is 1. The Labute approximate surface area is 158 Å². The molecule has 0 aromatic rings. The Morgan fingerprint density at radius 3 is 2.35 bits per heavy atom. The Morgan fingerprint density at radius 1 is 1.30 bits per heavy atom. The number of guanidine groups is 1. The normalized spacial score (nSPS) is 23.6. The second kappa shape index (κ2) is 10.0. The molecule has 0 amide bonds. The van der Waals surface area contributed by atoms with Crippen molar-refractivity contribution in [2.75, 3.05) is 32.2 Å². The first kappa shape index (κ1) is 22.9. The monoisotopic (exact) mass is 461 g/mol. The predicted octanol–water partition coefficient (Wildman–Crippen LogP) is 1.80. The van der Waals surface area contributed by atoms with E-state index in [9.17, 15) is 8.42 Å².